The number of carbonyl (C=O) groups is 2. The highest BCUT2D eigenvalue weighted by molar-refractivity contribution is 8.13. The topological polar surface area (TPSA) is 54.4 Å². The molecule has 1 N–H and O–H groups in total. The normalized spacial score (nSPS) is 14.6. The molecule has 0 bridgehead atoms. The molecule has 88 valence electrons. The van der Waals surface area contributed by atoms with Crippen molar-refractivity contribution in [2.24, 2.45) is 5.41 Å². The molecule has 0 fully saturated rings. The number of thioether (sulfide) groups is 1. The minimum absolute atomic E-state index is 0.00873. The van der Waals surface area contributed by atoms with Gasteiger partial charge in [0.25, 0.3) is 0 Å². The maximum atomic E-state index is 11.2. The first-order chi connectivity index (χ1) is 6.98. The smallest absolute Gasteiger partial charge is 0.310 e. The molecule has 0 rings (SSSR count). The molecule has 3 nitrogen and oxygen atoms in total. The zero-order valence-electron chi connectivity index (χ0n) is 9.71. The van der Waals surface area contributed by atoms with Crippen molar-refractivity contribution in [3.05, 3.63) is 0 Å². The van der Waals surface area contributed by atoms with Crippen LogP contribution in [0.5, 0.6) is 0 Å². The Morgan fingerprint density at radius 1 is 1.33 bits per heavy atom. The molecule has 0 spiro atoms. The summed E-state index contributed by atoms with van der Waals surface area (Å²) in [7, 11) is 0. The van der Waals surface area contributed by atoms with Gasteiger partial charge in [-0.25, -0.2) is 0 Å². The molecule has 0 amide bonds. The van der Waals surface area contributed by atoms with E-state index in [1.54, 1.807) is 0 Å². The maximum absolute atomic E-state index is 11.2. The van der Waals surface area contributed by atoms with Crippen molar-refractivity contribution < 1.29 is 14.7 Å². The lowest BCUT2D eigenvalue weighted by Crippen LogP contribution is -2.33. The standard InChI is InChI=1S/C11H20O3S/c1-4-6-7-11(5-2,10(13)14)8-15-9(3)12/h4-8H2,1-3H3,(H,13,14)/t11-/m1/s1. The van der Waals surface area contributed by atoms with Crippen LogP contribution in [0.15, 0.2) is 0 Å². The molecule has 1 atom stereocenters. The third-order valence-electron chi connectivity index (χ3n) is 2.69. The number of hydrogen-bond donors (Lipinski definition) is 1. The lowest BCUT2D eigenvalue weighted by molar-refractivity contribution is -0.148. The summed E-state index contributed by atoms with van der Waals surface area (Å²) in [5.41, 5.74) is -0.716. The molecule has 0 saturated carbocycles. The highest BCUT2D eigenvalue weighted by atomic mass is 32.2. The summed E-state index contributed by atoms with van der Waals surface area (Å²) in [4.78, 5) is 22.1. The molecular weight excluding hydrogens is 212 g/mol. The molecule has 0 aromatic carbocycles. The molecule has 0 aliphatic heterocycles. The van der Waals surface area contributed by atoms with Crippen LogP contribution in [0, 0.1) is 5.41 Å². The summed E-state index contributed by atoms with van der Waals surface area (Å²) in [5.74, 6) is -0.374. The lowest BCUT2D eigenvalue weighted by Gasteiger charge is -2.27. The van der Waals surface area contributed by atoms with Gasteiger partial charge in [-0.3, -0.25) is 9.59 Å². The van der Waals surface area contributed by atoms with Crippen LogP contribution in [-0.2, 0) is 9.59 Å². The monoisotopic (exact) mass is 232 g/mol. The predicted molar refractivity (Wildman–Crippen MR) is 63.0 cm³/mol. The number of unbranched alkanes of at least 4 members (excludes halogenated alkanes) is 1. The quantitative estimate of drug-likeness (QED) is 0.733. The van der Waals surface area contributed by atoms with Crippen molar-refractivity contribution in [2.45, 2.75) is 46.5 Å². The third-order valence-corrected chi connectivity index (χ3v) is 3.79. The number of carboxylic acid groups (broad SMARTS) is 1. The molecule has 0 aromatic heterocycles. The van der Waals surface area contributed by atoms with E-state index in [0.717, 1.165) is 24.6 Å². The Kier molecular flexibility index (Phi) is 6.65. The molecule has 0 heterocycles. The number of aliphatic carboxylic acids is 1. The summed E-state index contributed by atoms with van der Waals surface area (Å²) in [6.45, 7) is 5.40. The van der Waals surface area contributed by atoms with Crippen LogP contribution < -0.4 is 0 Å². The fourth-order valence-corrected chi connectivity index (χ4v) is 2.38. The van der Waals surface area contributed by atoms with E-state index >= 15 is 0 Å². The predicted octanol–water partition coefficient (Wildman–Crippen LogP) is 2.94. The van der Waals surface area contributed by atoms with Gasteiger partial charge in [0.15, 0.2) is 5.12 Å². The van der Waals surface area contributed by atoms with E-state index in [2.05, 4.69) is 0 Å². The maximum Gasteiger partial charge on any atom is 0.310 e. The van der Waals surface area contributed by atoms with E-state index in [4.69, 9.17) is 0 Å². The summed E-state index contributed by atoms with van der Waals surface area (Å²) < 4.78 is 0. The van der Waals surface area contributed by atoms with E-state index in [0.29, 0.717) is 18.6 Å². The van der Waals surface area contributed by atoms with Crippen LogP contribution in [0.4, 0.5) is 0 Å². The second-order valence-electron chi connectivity index (χ2n) is 3.82. The van der Waals surface area contributed by atoms with Crippen molar-refractivity contribution in [3.8, 4) is 0 Å². The Morgan fingerprint density at radius 2 is 1.93 bits per heavy atom. The molecular formula is C11H20O3S. The Labute approximate surface area is 95.6 Å². The third kappa shape index (κ3) is 4.69. The second-order valence-corrected chi connectivity index (χ2v) is 4.98. The van der Waals surface area contributed by atoms with Crippen LogP contribution in [0.25, 0.3) is 0 Å². The highest BCUT2D eigenvalue weighted by Crippen LogP contribution is 2.33. The molecule has 0 aliphatic rings. The highest BCUT2D eigenvalue weighted by Gasteiger charge is 2.36. The van der Waals surface area contributed by atoms with Crippen molar-refractivity contribution >= 4 is 22.8 Å². The van der Waals surface area contributed by atoms with Gasteiger partial charge in [-0.2, -0.15) is 0 Å². The molecule has 0 unspecified atom stereocenters. The minimum atomic E-state index is -0.771. The SMILES string of the molecule is CCCC[C@](CC)(CSC(C)=O)C(=O)O. The van der Waals surface area contributed by atoms with Gasteiger partial charge in [0.2, 0.25) is 0 Å². The van der Waals surface area contributed by atoms with Gasteiger partial charge in [0, 0.05) is 12.7 Å². The van der Waals surface area contributed by atoms with Gasteiger partial charge >= 0.3 is 5.97 Å². The summed E-state index contributed by atoms with van der Waals surface area (Å²) in [6, 6.07) is 0. The zero-order chi connectivity index (χ0) is 11.9. The van der Waals surface area contributed by atoms with E-state index in [1.807, 2.05) is 13.8 Å². The summed E-state index contributed by atoms with van der Waals surface area (Å²) in [6.07, 6.45) is 3.14. The molecule has 0 aromatic rings. The zero-order valence-corrected chi connectivity index (χ0v) is 10.5. The van der Waals surface area contributed by atoms with E-state index < -0.39 is 11.4 Å². The molecule has 0 saturated heterocycles. The Hall–Kier alpha value is -0.510. The van der Waals surface area contributed by atoms with Gasteiger partial charge in [0.05, 0.1) is 5.41 Å². The first-order valence-electron chi connectivity index (χ1n) is 5.35. The van der Waals surface area contributed by atoms with Crippen molar-refractivity contribution in [1.82, 2.24) is 0 Å². The van der Waals surface area contributed by atoms with Crippen molar-refractivity contribution in [2.75, 3.05) is 5.75 Å². The number of hydrogen-bond acceptors (Lipinski definition) is 3. The van der Waals surface area contributed by atoms with E-state index in [-0.39, 0.29) is 5.12 Å². The van der Waals surface area contributed by atoms with Crippen LogP contribution in [0.3, 0.4) is 0 Å². The summed E-state index contributed by atoms with van der Waals surface area (Å²) in [5, 5.41) is 9.23. The number of rotatable bonds is 7. The average Bonchev–Trinajstić information content (AvgIpc) is 2.18. The number of carbonyl (C=O) groups excluding carboxylic acids is 1. The molecule has 15 heavy (non-hydrogen) atoms. The van der Waals surface area contributed by atoms with Gasteiger partial charge in [-0.05, 0) is 12.8 Å². The van der Waals surface area contributed by atoms with Gasteiger partial charge in [-0.1, -0.05) is 38.5 Å². The Morgan fingerprint density at radius 3 is 2.27 bits per heavy atom. The van der Waals surface area contributed by atoms with Crippen LogP contribution >= 0.6 is 11.8 Å². The second kappa shape index (κ2) is 6.88. The van der Waals surface area contributed by atoms with Crippen molar-refractivity contribution in [1.29, 1.82) is 0 Å². The largest absolute Gasteiger partial charge is 0.481 e. The first-order valence-corrected chi connectivity index (χ1v) is 6.34. The van der Waals surface area contributed by atoms with Gasteiger partial charge < -0.3 is 5.11 Å². The fraction of sp³-hybridized carbons (Fsp3) is 0.818. The average molecular weight is 232 g/mol. The summed E-state index contributed by atoms with van der Waals surface area (Å²) >= 11 is 1.12. The van der Waals surface area contributed by atoms with Crippen LogP contribution in [0.1, 0.15) is 46.5 Å². The van der Waals surface area contributed by atoms with Gasteiger partial charge in [0.1, 0.15) is 0 Å². The van der Waals surface area contributed by atoms with Crippen LogP contribution in [-0.4, -0.2) is 21.9 Å². The molecule has 4 heteroatoms. The minimum Gasteiger partial charge on any atom is -0.481 e. The van der Waals surface area contributed by atoms with Crippen molar-refractivity contribution in [3.63, 3.8) is 0 Å². The number of carboxylic acids is 1. The van der Waals surface area contributed by atoms with Gasteiger partial charge in [-0.15, -0.1) is 0 Å². The Bertz CT molecular complexity index is 228. The molecule has 0 radical (unpaired) electrons. The van der Waals surface area contributed by atoms with Crippen LogP contribution in [0.2, 0.25) is 0 Å². The molecule has 0 aliphatic carbocycles. The lowest BCUT2D eigenvalue weighted by atomic mass is 9.82. The first kappa shape index (κ1) is 14.5. The van der Waals surface area contributed by atoms with E-state index in [1.165, 1.54) is 6.92 Å². The Balaban J connectivity index is 4.50. The fourth-order valence-electron chi connectivity index (χ4n) is 1.43. The van der Waals surface area contributed by atoms with E-state index in [9.17, 15) is 14.7 Å².